The summed E-state index contributed by atoms with van der Waals surface area (Å²) in [4.78, 5) is 15.4. The summed E-state index contributed by atoms with van der Waals surface area (Å²) >= 11 is 0. The van der Waals surface area contributed by atoms with Gasteiger partial charge in [0.15, 0.2) is 0 Å². The number of aryl methyl sites for hydroxylation is 1. The SMILES string of the molecule is COc1ccc(-c2ccc3c(c2)NC(=O)C3=Cn2cc(C)c(CCCN3CCOCC3)c2C)cc1. The van der Waals surface area contributed by atoms with Crippen LogP contribution in [0.15, 0.2) is 48.7 Å². The molecule has 35 heavy (non-hydrogen) atoms. The molecule has 3 heterocycles. The molecule has 1 N–H and O–H groups in total. The molecular formula is C29H33N3O3. The van der Waals surface area contributed by atoms with Gasteiger partial charge >= 0.3 is 0 Å². The fourth-order valence-electron chi connectivity index (χ4n) is 5.07. The van der Waals surface area contributed by atoms with Gasteiger partial charge in [-0.15, -0.1) is 0 Å². The number of nitrogens with one attached hydrogen (secondary N) is 1. The molecular weight excluding hydrogens is 438 g/mol. The molecule has 0 spiro atoms. The number of carbonyl (C=O) groups excluding carboxylic acids is 1. The van der Waals surface area contributed by atoms with Crippen LogP contribution in [0.2, 0.25) is 0 Å². The van der Waals surface area contributed by atoms with Crippen molar-refractivity contribution in [3.63, 3.8) is 0 Å². The molecule has 182 valence electrons. The van der Waals surface area contributed by atoms with Gasteiger partial charge in [-0.1, -0.05) is 24.3 Å². The van der Waals surface area contributed by atoms with Gasteiger partial charge in [-0.2, -0.15) is 0 Å². The van der Waals surface area contributed by atoms with Crippen molar-refractivity contribution in [1.29, 1.82) is 0 Å². The lowest BCUT2D eigenvalue weighted by Gasteiger charge is -2.26. The third kappa shape index (κ3) is 4.90. The fourth-order valence-corrected chi connectivity index (χ4v) is 5.07. The monoisotopic (exact) mass is 471 g/mol. The van der Waals surface area contributed by atoms with E-state index in [0.717, 1.165) is 73.8 Å². The van der Waals surface area contributed by atoms with Crippen LogP contribution in [0.5, 0.6) is 5.75 Å². The molecule has 2 aliphatic rings. The van der Waals surface area contributed by atoms with Crippen molar-refractivity contribution in [1.82, 2.24) is 9.47 Å². The number of hydrogen-bond acceptors (Lipinski definition) is 4. The minimum Gasteiger partial charge on any atom is -0.497 e. The molecule has 0 bridgehead atoms. The molecule has 2 aromatic carbocycles. The summed E-state index contributed by atoms with van der Waals surface area (Å²) < 4.78 is 12.8. The second-order valence-corrected chi connectivity index (χ2v) is 9.33. The van der Waals surface area contributed by atoms with Crippen LogP contribution in [0.1, 0.15) is 28.8 Å². The van der Waals surface area contributed by atoms with Gasteiger partial charge in [0.2, 0.25) is 0 Å². The standard InChI is InChI=1S/C29H33N3O3/c1-20-18-32(21(2)25(20)5-4-12-31-13-15-35-16-14-31)19-27-26-11-8-23(17-28(26)30-29(27)33)22-6-9-24(34-3)10-7-22/h6-11,17-19H,4-5,12-16H2,1-3H3,(H,30,33). The number of morpholine rings is 1. The Bertz CT molecular complexity index is 1250. The van der Waals surface area contributed by atoms with E-state index in [2.05, 4.69) is 40.9 Å². The van der Waals surface area contributed by atoms with Gasteiger partial charge in [0.25, 0.3) is 5.91 Å². The number of ether oxygens (including phenoxy) is 2. The molecule has 5 rings (SSSR count). The Morgan fingerprint density at radius 2 is 1.80 bits per heavy atom. The maximum absolute atomic E-state index is 12.9. The number of aromatic nitrogens is 1. The summed E-state index contributed by atoms with van der Waals surface area (Å²) in [5, 5.41) is 3.05. The zero-order chi connectivity index (χ0) is 24.4. The van der Waals surface area contributed by atoms with E-state index in [1.54, 1.807) is 7.11 Å². The third-order valence-electron chi connectivity index (χ3n) is 7.13. The molecule has 0 unspecified atom stereocenters. The smallest absolute Gasteiger partial charge is 0.257 e. The molecule has 1 aromatic heterocycles. The zero-order valence-electron chi connectivity index (χ0n) is 20.8. The number of carbonyl (C=O) groups is 1. The van der Waals surface area contributed by atoms with Crippen LogP contribution in [0.3, 0.4) is 0 Å². The van der Waals surface area contributed by atoms with Crippen molar-refractivity contribution < 1.29 is 14.3 Å². The number of nitrogens with zero attached hydrogens (tertiary/aromatic N) is 2. The third-order valence-corrected chi connectivity index (χ3v) is 7.13. The average Bonchev–Trinajstić information content (AvgIpc) is 3.34. The molecule has 0 saturated carbocycles. The number of benzene rings is 2. The summed E-state index contributed by atoms with van der Waals surface area (Å²) in [5.41, 5.74) is 8.47. The summed E-state index contributed by atoms with van der Waals surface area (Å²) in [5.74, 6) is 0.762. The Labute approximate surface area is 207 Å². The van der Waals surface area contributed by atoms with Crippen LogP contribution in [-0.2, 0) is 16.0 Å². The Morgan fingerprint density at radius 1 is 1.06 bits per heavy atom. The van der Waals surface area contributed by atoms with Crippen LogP contribution in [-0.4, -0.2) is 55.3 Å². The average molecular weight is 472 g/mol. The van der Waals surface area contributed by atoms with Crippen molar-refractivity contribution in [3.8, 4) is 16.9 Å². The predicted octanol–water partition coefficient (Wildman–Crippen LogP) is 5.00. The van der Waals surface area contributed by atoms with E-state index >= 15 is 0 Å². The zero-order valence-corrected chi connectivity index (χ0v) is 20.8. The summed E-state index contributed by atoms with van der Waals surface area (Å²) in [6, 6.07) is 14.1. The lowest BCUT2D eigenvalue weighted by atomic mass is 10.0. The van der Waals surface area contributed by atoms with E-state index in [4.69, 9.17) is 9.47 Å². The molecule has 1 amide bonds. The minimum absolute atomic E-state index is 0.0634. The Kier molecular flexibility index (Phi) is 6.75. The van der Waals surface area contributed by atoms with E-state index < -0.39 is 0 Å². The summed E-state index contributed by atoms with van der Waals surface area (Å²) in [7, 11) is 1.66. The van der Waals surface area contributed by atoms with Gasteiger partial charge in [0.05, 0.1) is 25.9 Å². The highest BCUT2D eigenvalue weighted by atomic mass is 16.5. The first-order valence-electron chi connectivity index (χ1n) is 12.3. The van der Waals surface area contributed by atoms with Crippen molar-refractivity contribution >= 4 is 23.4 Å². The number of hydrogen-bond donors (Lipinski definition) is 1. The quantitative estimate of drug-likeness (QED) is 0.493. The molecule has 0 atom stereocenters. The highest BCUT2D eigenvalue weighted by Crippen LogP contribution is 2.36. The topological polar surface area (TPSA) is 55.7 Å². The number of anilines is 1. The molecule has 0 radical (unpaired) electrons. The van der Waals surface area contributed by atoms with E-state index in [1.165, 1.54) is 16.8 Å². The van der Waals surface area contributed by atoms with Gasteiger partial charge in [-0.05, 0) is 73.7 Å². The van der Waals surface area contributed by atoms with E-state index in [0.29, 0.717) is 5.57 Å². The molecule has 0 aliphatic carbocycles. The Balaban J connectivity index is 1.34. The Hall–Kier alpha value is -3.35. The first-order valence-corrected chi connectivity index (χ1v) is 12.3. The minimum atomic E-state index is -0.0634. The lowest BCUT2D eigenvalue weighted by Crippen LogP contribution is -2.36. The molecule has 2 aliphatic heterocycles. The number of amides is 1. The van der Waals surface area contributed by atoms with Crippen LogP contribution in [0.25, 0.3) is 22.9 Å². The molecule has 3 aromatic rings. The van der Waals surface area contributed by atoms with Gasteiger partial charge in [-0.25, -0.2) is 0 Å². The fraction of sp³-hybridized carbons (Fsp3) is 0.345. The van der Waals surface area contributed by atoms with Crippen LogP contribution in [0, 0.1) is 13.8 Å². The highest BCUT2D eigenvalue weighted by molar-refractivity contribution is 6.34. The van der Waals surface area contributed by atoms with Gasteiger partial charge in [-0.3, -0.25) is 9.69 Å². The molecule has 1 fully saturated rings. The van der Waals surface area contributed by atoms with Crippen molar-refractivity contribution in [2.45, 2.75) is 26.7 Å². The van der Waals surface area contributed by atoms with Gasteiger partial charge < -0.3 is 19.4 Å². The number of fused-ring (bicyclic) bond motifs is 1. The largest absolute Gasteiger partial charge is 0.497 e. The summed E-state index contributed by atoms with van der Waals surface area (Å²) in [6.07, 6.45) is 6.28. The van der Waals surface area contributed by atoms with Crippen LogP contribution in [0.4, 0.5) is 5.69 Å². The van der Waals surface area contributed by atoms with E-state index in [9.17, 15) is 4.79 Å². The predicted molar refractivity (Wildman–Crippen MR) is 141 cm³/mol. The highest BCUT2D eigenvalue weighted by Gasteiger charge is 2.25. The van der Waals surface area contributed by atoms with Crippen LogP contribution >= 0.6 is 0 Å². The molecule has 1 saturated heterocycles. The van der Waals surface area contributed by atoms with Crippen molar-refractivity contribution in [3.05, 3.63) is 71.0 Å². The second-order valence-electron chi connectivity index (χ2n) is 9.33. The van der Waals surface area contributed by atoms with Gasteiger partial charge in [0.1, 0.15) is 5.75 Å². The van der Waals surface area contributed by atoms with E-state index in [-0.39, 0.29) is 5.91 Å². The maximum atomic E-state index is 12.9. The molecule has 6 nitrogen and oxygen atoms in total. The number of rotatable bonds is 7. The van der Waals surface area contributed by atoms with Crippen molar-refractivity contribution in [2.75, 3.05) is 45.3 Å². The maximum Gasteiger partial charge on any atom is 0.257 e. The van der Waals surface area contributed by atoms with Gasteiger partial charge in [0, 0.05) is 42.4 Å². The summed E-state index contributed by atoms with van der Waals surface area (Å²) in [6.45, 7) is 9.14. The Morgan fingerprint density at radius 3 is 2.54 bits per heavy atom. The normalized spacial score (nSPS) is 17.0. The first kappa shape index (κ1) is 23.4. The van der Waals surface area contributed by atoms with Crippen LogP contribution < -0.4 is 10.1 Å². The molecule has 6 heteroatoms. The van der Waals surface area contributed by atoms with Crippen molar-refractivity contribution in [2.24, 2.45) is 0 Å². The first-order chi connectivity index (χ1) is 17.0. The van der Waals surface area contributed by atoms with E-state index in [1.807, 2.05) is 42.6 Å². The second kappa shape index (κ2) is 10.1. The lowest BCUT2D eigenvalue weighted by molar-refractivity contribution is -0.110. The number of methoxy groups -OCH3 is 1.